The van der Waals surface area contributed by atoms with Crippen LogP contribution in [-0.2, 0) is 23.1 Å². The number of sulfonamides is 1. The molecule has 0 saturated heterocycles. The van der Waals surface area contributed by atoms with E-state index in [0.717, 1.165) is 5.01 Å². The predicted octanol–water partition coefficient (Wildman–Crippen LogP) is 1.15. The predicted molar refractivity (Wildman–Crippen MR) is 81.4 cm³/mol. The molecule has 0 aliphatic rings. The number of aromatic amines is 1. The van der Waals surface area contributed by atoms with Crippen molar-refractivity contribution in [3.8, 4) is 0 Å². The van der Waals surface area contributed by atoms with E-state index < -0.39 is 10.0 Å². The van der Waals surface area contributed by atoms with E-state index in [0.29, 0.717) is 17.8 Å². The van der Waals surface area contributed by atoms with Gasteiger partial charge in [-0.25, -0.2) is 18.1 Å². The topological polar surface area (TPSA) is 99.8 Å². The van der Waals surface area contributed by atoms with Crippen molar-refractivity contribution in [3.05, 3.63) is 27.8 Å². The number of nitrogens with one attached hydrogen (secondary N) is 3. The molecule has 0 aliphatic carbocycles. The Morgan fingerprint density at radius 3 is 2.76 bits per heavy atom. The quantitative estimate of drug-likeness (QED) is 0.707. The number of thiazole rings is 1. The molecule has 0 saturated carbocycles. The van der Waals surface area contributed by atoms with Crippen molar-refractivity contribution >= 4 is 21.4 Å². The zero-order valence-electron chi connectivity index (χ0n) is 12.2. The fourth-order valence-corrected chi connectivity index (χ4v) is 3.44. The van der Waals surface area contributed by atoms with Gasteiger partial charge in [0.05, 0.1) is 23.4 Å². The van der Waals surface area contributed by atoms with Crippen LogP contribution in [0.3, 0.4) is 0 Å². The number of aryl methyl sites for hydroxylation is 1. The molecule has 3 N–H and O–H groups in total. The van der Waals surface area contributed by atoms with Gasteiger partial charge in [-0.15, -0.1) is 11.3 Å². The van der Waals surface area contributed by atoms with Crippen LogP contribution in [-0.4, -0.2) is 29.6 Å². The third kappa shape index (κ3) is 4.34. The molecule has 0 fully saturated rings. The molecule has 9 heteroatoms. The Kier molecular flexibility index (Phi) is 5.09. The lowest BCUT2D eigenvalue weighted by Crippen LogP contribution is -2.27. The van der Waals surface area contributed by atoms with E-state index in [9.17, 15) is 8.42 Å². The van der Waals surface area contributed by atoms with Gasteiger partial charge in [-0.05, 0) is 6.92 Å². The minimum absolute atomic E-state index is 0.0996. The van der Waals surface area contributed by atoms with Gasteiger partial charge in [-0.1, -0.05) is 13.8 Å². The van der Waals surface area contributed by atoms with Crippen LogP contribution in [0.1, 0.15) is 30.1 Å². The highest BCUT2D eigenvalue weighted by Crippen LogP contribution is 2.13. The van der Waals surface area contributed by atoms with E-state index in [2.05, 4.69) is 25.2 Å². The number of aromatic nitrogens is 3. The van der Waals surface area contributed by atoms with Crippen LogP contribution in [0.25, 0.3) is 0 Å². The minimum Gasteiger partial charge on any atom is -0.310 e. The molecule has 2 aromatic heterocycles. The minimum atomic E-state index is -3.63. The highest BCUT2D eigenvalue weighted by Gasteiger charge is 2.20. The van der Waals surface area contributed by atoms with Gasteiger partial charge >= 0.3 is 0 Å². The first-order valence-electron chi connectivity index (χ1n) is 6.55. The number of H-pyrrole nitrogens is 1. The highest BCUT2D eigenvalue weighted by molar-refractivity contribution is 7.89. The van der Waals surface area contributed by atoms with Crippen LogP contribution in [0.4, 0.5) is 0 Å². The first kappa shape index (κ1) is 16.1. The van der Waals surface area contributed by atoms with Gasteiger partial charge in [-0.2, -0.15) is 5.10 Å². The lowest BCUT2D eigenvalue weighted by Gasteiger charge is -2.09. The summed E-state index contributed by atoms with van der Waals surface area (Å²) < 4.78 is 27.1. The standard InChI is InChI=1S/C12H19N5O2S2/c1-8(2)13-4-10-5-14-17-12(10)21(18,19)15-6-11-7-20-9(3)16-11/h5,7-8,13,15H,4,6H2,1-3H3,(H,14,17). The van der Waals surface area contributed by atoms with E-state index in [-0.39, 0.29) is 17.6 Å². The first-order chi connectivity index (χ1) is 9.88. The highest BCUT2D eigenvalue weighted by atomic mass is 32.2. The number of rotatable bonds is 7. The molecule has 2 aromatic rings. The average molecular weight is 329 g/mol. The van der Waals surface area contributed by atoms with E-state index in [1.807, 2.05) is 26.2 Å². The molecule has 0 bridgehead atoms. The maximum atomic E-state index is 12.3. The van der Waals surface area contributed by atoms with Gasteiger partial charge in [0.15, 0.2) is 5.03 Å². The third-order valence-corrected chi connectivity index (χ3v) is 5.00. The molecule has 0 unspecified atom stereocenters. The summed E-state index contributed by atoms with van der Waals surface area (Å²) in [6, 6.07) is 0.265. The SMILES string of the molecule is Cc1nc(CNS(=O)(=O)c2[nH]ncc2CNC(C)C)cs1. The molecule has 0 aliphatic heterocycles. The Hall–Kier alpha value is -1.29. The summed E-state index contributed by atoms with van der Waals surface area (Å²) in [5.74, 6) is 0. The molecule has 2 heterocycles. The van der Waals surface area contributed by atoms with Crippen molar-refractivity contribution in [1.82, 2.24) is 25.2 Å². The van der Waals surface area contributed by atoms with Crippen molar-refractivity contribution < 1.29 is 8.42 Å². The molecule has 0 radical (unpaired) electrons. The second-order valence-electron chi connectivity index (χ2n) is 4.94. The fraction of sp³-hybridized carbons (Fsp3) is 0.500. The lowest BCUT2D eigenvalue weighted by molar-refractivity contribution is 0.564. The Morgan fingerprint density at radius 2 is 2.14 bits per heavy atom. The van der Waals surface area contributed by atoms with Crippen LogP contribution < -0.4 is 10.0 Å². The lowest BCUT2D eigenvalue weighted by atomic mass is 10.3. The van der Waals surface area contributed by atoms with E-state index in [4.69, 9.17) is 0 Å². The summed E-state index contributed by atoms with van der Waals surface area (Å²) in [6.07, 6.45) is 1.52. The monoisotopic (exact) mass is 329 g/mol. The van der Waals surface area contributed by atoms with Crippen molar-refractivity contribution in [2.24, 2.45) is 0 Å². The average Bonchev–Trinajstić information content (AvgIpc) is 3.03. The fourth-order valence-electron chi connectivity index (χ4n) is 1.70. The molecular formula is C12H19N5O2S2. The van der Waals surface area contributed by atoms with Crippen LogP contribution in [0, 0.1) is 6.92 Å². The normalized spacial score (nSPS) is 12.2. The van der Waals surface area contributed by atoms with Crippen molar-refractivity contribution in [2.45, 2.75) is 44.9 Å². The second kappa shape index (κ2) is 6.65. The van der Waals surface area contributed by atoms with Gasteiger partial charge in [0.2, 0.25) is 0 Å². The van der Waals surface area contributed by atoms with Crippen molar-refractivity contribution in [3.63, 3.8) is 0 Å². The Labute approximate surface area is 128 Å². The van der Waals surface area contributed by atoms with Crippen LogP contribution in [0.2, 0.25) is 0 Å². The molecule has 0 atom stereocenters. The van der Waals surface area contributed by atoms with E-state index >= 15 is 0 Å². The summed E-state index contributed by atoms with van der Waals surface area (Å²) in [5, 5.41) is 12.4. The Bertz CT molecular complexity index is 690. The zero-order chi connectivity index (χ0) is 15.5. The van der Waals surface area contributed by atoms with E-state index in [1.165, 1.54) is 17.5 Å². The van der Waals surface area contributed by atoms with Crippen LogP contribution >= 0.6 is 11.3 Å². The van der Waals surface area contributed by atoms with Gasteiger partial charge in [0.1, 0.15) is 0 Å². The van der Waals surface area contributed by atoms with E-state index in [1.54, 1.807) is 0 Å². The van der Waals surface area contributed by atoms with Gasteiger partial charge in [0.25, 0.3) is 10.0 Å². The number of hydrogen-bond donors (Lipinski definition) is 3. The molecule has 21 heavy (non-hydrogen) atoms. The summed E-state index contributed by atoms with van der Waals surface area (Å²) in [4.78, 5) is 4.23. The molecule has 2 rings (SSSR count). The Morgan fingerprint density at radius 1 is 1.38 bits per heavy atom. The number of hydrogen-bond acceptors (Lipinski definition) is 6. The molecule has 0 aromatic carbocycles. The molecule has 0 amide bonds. The zero-order valence-corrected chi connectivity index (χ0v) is 13.8. The second-order valence-corrected chi connectivity index (χ2v) is 7.71. The summed E-state index contributed by atoms with van der Waals surface area (Å²) >= 11 is 1.49. The van der Waals surface area contributed by atoms with Gasteiger partial charge in [-0.3, -0.25) is 5.10 Å². The largest absolute Gasteiger partial charge is 0.310 e. The molecule has 7 nitrogen and oxygen atoms in total. The smallest absolute Gasteiger partial charge is 0.258 e. The summed E-state index contributed by atoms with van der Waals surface area (Å²) in [6.45, 7) is 6.49. The number of nitrogens with zero attached hydrogens (tertiary/aromatic N) is 2. The third-order valence-electron chi connectivity index (χ3n) is 2.76. The molecule has 0 spiro atoms. The summed E-state index contributed by atoms with van der Waals surface area (Å²) in [7, 11) is -3.63. The van der Waals surface area contributed by atoms with Crippen LogP contribution in [0.5, 0.6) is 0 Å². The molecular weight excluding hydrogens is 310 g/mol. The maximum Gasteiger partial charge on any atom is 0.258 e. The van der Waals surface area contributed by atoms with Crippen molar-refractivity contribution in [1.29, 1.82) is 0 Å². The Balaban J connectivity index is 2.07. The maximum absolute atomic E-state index is 12.3. The molecule has 116 valence electrons. The van der Waals surface area contributed by atoms with Crippen molar-refractivity contribution in [2.75, 3.05) is 0 Å². The summed E-state index contributed by atoms with van der Waals surface area (Å²) in [5.41, 5.74) is 1.33. The van der Waals surface area contributed by atoms with Gasteiger partial charge in [0, 0.05) is 23.5 Å². The van der Waals surface area contributed by atoms with Gasteiger partial charge < -0.3 is 5.32 Å². The van der Waals surface area contributed by atoms with Crippen LogP contribution in [0.15, 0.2) is 16.6 Å². The first-order valence-corrected chi connectivity index (χ1v) is 8.91.